The van der Waals surface area contributed by atoms with Gasteiger partial charge in [0.2, 0.25) is 15.9 Å². The van der Waals surface area contributed by atoms with Crippen LogP contribution in [0.5, 0.6) is 0 Å². The van der Waals surface area contributed by atoms with Gasteiger partial charge in [0.15, 0.2) is 0 Å². The van der Waals surface area contributed by atoms with Crippen molar-refractivity contribution in [2.45, 2.75) is 40.2 Å². The van der Waals surface area contributed by atoms with Crippen LogP contribution in [0, 0.1) is 13.8 Å². The van der Waals surface area contributed by atoms with Crippen LogP contribution in [0.4, 0.5) is 11.4 Å². The minimum atomic E-state index is -3.74. The van der Waals surface area contributed by atoms with Gasteiger partial charge in [0.25, 0.3) is 0 Å². The number of carbonyl (C=O) groups is 2. The van der Waals surface area contributed by atoms with Crippen LogP contribution in [0.25, 0.3) is 0 Å². The highest BCUT2D eigenvalue weighted by Gasteiger charge is 2.32. The number of carbonyl (C=O) groups excluding carboxylic acids is 2. The van der Waals surface area contributed by atoms with Crippen molar-refractivity contribution in [1.82, 2.24) is 0 Å². The van der Waals surface area contributed by atoms with Crippen molar-refractivity contribution in [3.8, 4) is 0 Å². The second kappa shape index (κ2) is 9.75. The number of hydrogen-bond acceptors (Lipinski definition) is 5. The van der Waals surface area contributed by atoms with E-state index in [1.165, 1.54) is 10.4 Å². The maximum atomic E-state index is 13.1. The van der Waals surface area contributed by atoms with Gasteiger partial charge in [0.1, 0.15) is 6.04 Å². The van der Waals surface area contributed by atoms with Gasteiger partial charge in [-0.2, -0.15) is 0 Å². The Bertz CT molecular complexity index is 1030. The average molecular weight is 433 g/mol. The Morgan fingerprint density at radius 1 is 1.10 bits per heavy atom. The third-order valence-corrected chi connectivity index (χ3v) is 5.74. The Kier molecular flexibility index (Phi) is 7.61. The quantitative estimate of drug-likeness (QED) is 0.643. The van der Waals surface area contributed by atoms with Gasteiger partial charge in [-0.3, -0.25) is 9.10 Å². The molecule has 8 heteroatoms. The Morgan fingerprint density at radius 2 is 1.80 bits per heavy atom. The number of nitrogens with one attached hydrogen (secondary N) is 1. The fourth-order valence-electron chi connectivity index (χ4n) is 3.16. The van der Waals surface area contributed by atoms with E-state index in [0.717, 1.165) is 17.4 Å². The molecule has 0 aromatic heterocycles. The monoisotopic (exact) mass is 432 g/mol. The number of esters is 1. The zero-order chi connectivity index (χ0) is 22.5. The number of rotatable bonds is 8. The van der Waals surface area contributed by atoms with Crippen LogP contribution in [-0.2, 0) is 19.6 Å². The lowest BCUT2D eigenvalue weighted by Crippen LogP contribution is -2.47. The molecule has 0 heterocycles. The van der Waals surface area contributed by atoms with E-state index in [9.17, 15) is 18.0 Å². The molecule has 0 aliphatic rings. The number of sulfonamides is 1. The molecule has 2 aromatic rings. The van der Waals surface area contributed by atoms with E-state index in [1.807, 2.05) is 19.1 Å². The van der Waals surface area contributed by atoms with E-state index in [-0.39, 0.29) is 13.0 Å². The summed E-state index contributed by atoms with van der Waals surface area (Å²) in [6.45, 7) is 7.38. The summed E-state index contributed by atoms with van der Waals surface area (Å²) < 4.78 is 31.5. The molecule has 0 saturated heterocycles. The predicted octanol–water partition coefficient (Wildman–Crippen LogP) is 3.66. The number of hydrogen-bond donors (Lipinski definition) is 1. The lowest BCUT2D eigenvalue weighted by molar-refractivity contribution is -0.117. The number of ether oxygens (including phenoxy) is 1. The average Bonchev–Trinajstić information content (AvgIpc) is 2.67. The lowest BCUT2D eigenvalue weighted by atomic mass is 10.1. The van der Waals surface area contributed by atoms with Crippen LogP contribution in [-0.4, -0.2) is 39.2 Å². The van der Waals surface area contributed by atoms with Crippen molar-refractivity contribution in [2.75, 3.05) is 22.5 Å². The van der Waals surface area contributed by atoms with Crippen molar-refractivity contribution in [2.24, 2.45) is 0 Å². The third kappa shape index (κ3) is 5.60. The number of amides is 1. The largest absolute Gasteiger partial charge is 0.462 e. The molecule has 0 aliphatic heterocycles. The standard InChI is InChI=1S/C22H28N2O5S/c1-6-19(24(30(5,27)28)20-13-15(3)11-12-16(20)4)21(25)23-18-10-8-9-17(14-18)22(26)29-7-2/h8-14,19H,6-7H2,1-5H3,(H,23,25)/t19-/m1/s1. The second-order valence-electron chi connectivity index (χ2n) is 7.06. The molecule has 1 N–H and O–H groups in total. The highest BCUT2D eigenvalue weighted by atomic mass is 32.2. The first-order chi connectivity index (χ1) is 14.1. The molecule has 162 valence electrons. The number of nitrogens with zero attached hydrogens (tertiary/aromatic N) is 1. The van der Waals surface area contributed by atoms with Gasteiger partial charge < -0.3 is 10.1 Å². The molecule has 30 heavy (non-hydrogen) atoms. The van der Waals surface area contributed by atoms with Gasteiger partial charge >= 0.3 is 5.97 Å². The normalized spacial score (nSPS) is 12.2. The smallest absolute Gasteiger partial charge is 0.338 e. The zero-order valence-corrected chi connectivity index (χ0v) is 18.7. The molecule has 0 radical (unpaired) electrons. The van der Waals surface area contributed by atoms with E-state index in [0.29, 0.717) is 16.9 Å². The van der Waals surface area contributed by atoms with E-state index in [1.54, 1.807) is 45.0 Å². The summed E-state index contributed by atoms with van der Waals surface area (Å²) >= 11 is 0. The summed E-state index contributed by atoms with van der Waals surface area (Å²) in [5.74, 6) is -0.973. The number of anilines is 2. The molecule has 1 atom stereocenters. The molecule has 0 unspecified atom stereocenters. The van der Waals surface area contributed by atoms with E-state index in [4.69, 9.17) is 4.74 Å². The van der Waals surface area contributed by atoms with Crippen molar-refractivity contribution in [1.29, 1.82) is 0 Å². The summed E-state index contributed by atoms with van der Waals surface area (Å²) in [7, 11) is -3.74. The first kappa shape index (κ1) is 23.4. The molecule has 0 bridgehead atoms. The van der Waals surface area contributed by atoms with Crippen molar-refractivity contribution < 1.29 is 22.7 Å². The van der Waals surface area contributed by atoms with Gasteiger partial charge in [-0.15, -0.1) is 0 Å². The summed E-state index contributed by atoms with van der Waals surface area (Å²) in [5.41, 5.74) is 2.80. The molecular formula is C22H28N2O5S. The lowest BCUT2D eigenvalue weighted by Gasteiger charge is -2.31. The van der Waals surface area contributed by atoms with Crippen molar-refractivity contribution in [3.05, 3.63) is 59.2 Å². The molecule has 7 nitrogen and oxygen atoms in total. The van der Waals surface area contributed by atoms with Gasteiger partial charge in [-0.05, 0) is 62.6 Å². The first-order valence-corrected chi connectivity index (χ1v) is 11.6. The maximum absolute atomic E-state index is 13.1. The minimum Gasteiger partial charge on any atom is -0.462 e. The SMILES string of the molecule is CCOC(=O)c1cccc(NC(=O)[C@@H](CC)N(c2cc(C)ccc2C)S(C)(=O)=O)c1. The Balaban J connectivity index is 2.39. The number of aryl methyl sites for hydroxylation is 2. The minimum absolute atomic E-state index is 0.243. The highest BCUT2D eigenvalue weighted by molar-refractivity contribution is 7.92. The second-order valence-corrected chi connectivity index (χ2v) is 8.92. The fourth-order valence-corrected chi connectivity index (χ4v) is 4.42. The van der Waals surface area contributed by atoms with Gasteiger partial charge in [0.05, 0.1) is 24.1 Å². The molecule has 2 aromatic carbocycles. The molecule has 2 rings (SSSR count). The van der Waals surface area contributed by atoms with Crippen LogP contribution in [0.2, 0.25) is 0 Å². The van der Waals surface area contributed by atoms with E-state index >= 15 is 0 Å². The number of benzene rings is 2. The van der Waals surface area contributed by atoms with Crippen molar-refractivity contribution in [3.63, 3.8) is 0 Å². The molecule has 0 spiro atoms. The first-order valence-electron chi connectivity index (χ1n) is 9.73. The van der Waals surface area contributed by atoms with Gasteiger partial charge in [-0.25, -0.2) is 13.2 Å². The molecule has 1 amide bonds. The molecule has 0 aliphatic carbocycles. The van der Waals surface area contributed by atoms with E-state index < -0.39 is 27.9 Å². The van der Waals surface area contributed by atoms with Crippen LogP contribution in [0.15, 0.2) is 42.5 Å². The third-order valence-electron chi connectivity index (χ3n) is 4.57. The van der Waals surface area contributed by atoms with Gasteiger partial charge in [-0.1, -0.05) is 25.1 Å². The summed E-state index contributed by atoms with van der Waals surface area (Å²) in [6, 6.07) is 10.9. The predicted molar refractivity (Wildman–Crippen MR) is 118 cm³/mol. The Labute approximate surface area is 178 Å². The topological polar surface area (TPSA) is 92.8 Å². The summed E-state index contributed by atoms with van der Waals surface area (Å²) in [6.07, 6.45) is 1.36. The molecular weight excluding hydrogens is 404 g/mol. The Hall–Kier alpha value is -2.87. The molecule has 0 fully saturated rings. The zero-order valence-electron chi connectivity index (χ0n) is 17.9. The fraction of sp³-hybridized carbons (Fsp3) is 0.364. The maximum Gasteiger partial charge on any atom is 0.338 e. The van der Waals surface area contributed by atoms with Crippen LogP contribution in [0.1, 0.15) is 41.8 Å². The van der Waals surface area contributed by atoms with E-state index in [2.05, 4.69) is 5.32 Å². The van der Waals surface area contributed by atoms with Gasteiger partial charge in [0, 0.05) is 5.69 Å². The van der Waals surface area contributed by atoms with Crippen LogP contribution in [0.3, 0.4) is 0 Å². The van der Waals surface area contributed by atoms with Crippen molar-refractivity contribution >= 4 is 33.3 Å². The summed E-state index contributed by atoms with van der Waals surface area (Å²) in [4.78, 5) is 25.0. The van der Waals surface area contributed by atoms with Crippen LogP contribution < -0.4 is 9.62 Å². The summed E-state index contributed by atoms with van der Waals surface area (Å²) in [5, 5.41) is 2.73. The Morgan fingerprint density at radius 3 is 2.40 bits per heavy atom. The highest BCUT2D eigenvalue weighted by Crippen LogP contribution is 2.28. The van der Waals surface area contributed by atoms with Crippen LogP contribution >= 0.6 is 0 Å². The molecule has 0 saturated carbocycles.